The van der Waals surface area contributed by atoms with Gasteiger partial charge >= 0.3 is 0 Å². The largest absolute Gasteiger partial charge is 0.325 e. The molecule has 1 N–H and O–H groups in total. The van der Waals surface area contributed by atoms with Gasteiger partial charge in [0.25, 0.3) is 0 Å². The van der Waals surface area contributed by atoms with Crippen LogP contribution in [-0.2, 0) is 15.0 Å². The molecule has 1 fully saturated rings. The predicted molar refractivity (Wildman–Crippen MR) is 69.8 cm³/mol. The molecule has 2 aliphatic rings. The van der Waals surface area contributed by atoms with Crippen molar-refractivity contribution >= 4 is 29.0 Å². The zero-order valence-electron chi connectivity index (χ0n) is 10.1. The van der Waals surface area contributed by atoms with Crippen LogP contribution in [0.4, 0.5) is 5.69 Å². The van der Waals surface area contributed by atoms with Crippen LogP contribution in [0.15, 0.2) is 18.2 Å². The Morgan fingerprint density at radius 2 is 2.17 bits per heavy atom. The summed E-state index contributed by atoms with van der Waals surface area (Å²) in [5, 5.41) is 3.53. The van der Waals surface area contributed by atoms with E-state index in [9.17, 15) is 9.59 Å². The zero-order chi connectivity index (χ0) is 12.9. The van der Waals surface area contributed by atoms with Crippen molar-refractivity contribution in [2.45, 2.75) is 31.6 Å². The Hall–Kier alpha value is -1.35. The number of fused-ring (bicyclic) bond motifs is 2. The fourth-order valence-corrected chi connectivity index (χ4v) is 3.48. The molecular weight excluding hydrogens is 250 g/mol. The molecule has 3 rings (SSSR count). The second-order valence-corrected chi connectivity index (χ2v) is 5.70. The number of Topliss-reactive ketones (excluding diaryl/α,β-unsaturated/α-hetero) is 1. The number of carbonyl (C=O) groups excluding carboxylic acids is 2. The SMILES string of the molecule is C[C@H]1CC(=O)CC[C@]12C(=O)Nc1cc(Cl)ccc12. The van der Waals surface area contributed by atoms with Gasteiger partial charge in [-0.25, -0.2) is 0 Å². The van der Waals surface area contributed by atoms with Crippen LogP contribution in [0.25, 0.3) is 0 Å². The highest BCUT2D eigenvalue weighted by Gasteiger charge is 2.52. The van der Waals surface area contributed by atoms with Crippen LogP contribution in [0.1, 0.15) is 31.7 Å². The number of anilines is 1. The first-order valence-electron chi connectivity index (χ1n) is 6.17. The molecule has 1 spiro atoms. The van der Waals surface area contributed by atoms with E-state index in [0.29, 0.717) is 24.3 Å². The van der Waals surface area contributed by atoms with Crippen LogP contribution in [0.3, 0.4) is 0 Å². The number of amides is 1. The lowest BCUT2D eigenvalue weighted by atomic mass is 9.63. The van der Waals surface area contributed by atoms with Crippen LogP contribution in [-0.4, -0.2) is 11.7 Å². The molecule has 2 atom stereocenters. The molecule has 1 aromatic carbocycles. The number of halogens is 1. The van der Waals surface area contributed by atoms with Gasteiger partial charge in [0.1, 0.15) is 5.78 Å². The summed E-state index contributed by atoms with van der Waals surface area (Å²) in [6.45, 7) is 1.99. The molecule has 1 aliphatic carbocycles. The fraction of sp³-hybridized carbons (Fsp3) is 0.429. The third-order valence-electron chi connectivity index (χ3n) is 4.29. The molecule has 0 bridgehead atoms. The number of hydrogen-bond acceptors (Lipinski definition) is 2. The Morgan fingerprint density at radius 3 is 2.89 bits per heavy atom. The van der Waals surface area contributed by atoms with E-state index in [0.717, 1.165) is 11.3 Å². The molecule has 1 amide bonds. The lowest BCUT2D eigenvalue weighted by Crippen LogP contribution is -2.44. The van der Waals surface area contributed by atoms with Gasteiger partial charge in [0.15, 0.2) is 0 Å². The standard InChI is InChI=1S/C14H14ClNO2/c1-8-6-10(17)4-5-14(8)11-3-2-9(15)7-12(11)16-13(14)18/h2-3,7-8H,4-6H2,1H3,(H,16,18)/t8-,14-/m0/s1. The van der Waals surface area contributed by atoms with Crippen LogP contribution in [0.2, 0.25) is 5.02 Å². The number of carbonyl (C=O) groups is 2. The maximum atomic E-state index is 12.4. The van der Waals surface area contributed by atoms with E-state index in [1.165, 1.54) is 0 Å². The van der Waals surface area contributed by atoms with E-state index in [-0.39, 0.29) is 17.6 Å². The molecule has 0 saturated heterocycles. The molecule has 0 radical (unpaired) electrons. The highest BCUT2D eigenvalue weighted by molar-refractivity contribution is 6.31. The summed E-state index contributed by atoms with van der Waals surface area (Å²) in [7, 11) is 0. The van der Waals surface area contributed by atoms with Gasteiger partial charge in [0, 0.05) is 23.6 Å². The van der Waals surface area contributed by atoms with E-state index in [1.54, 1.807) is 6.07 Å². The molecule has 0 aromatic heterocycles. The van der Waals surface area contributed by atoms with Crippen LogP contribution >= 0.6 is 11.6 Å². The zero-order valence-corrected chi connectivity index (χ0v) is 10.9. The molecule has 1 saturated carbocycles. The number of benzene rings is 1. The van der Waals surface area contributed by atoms with Gasteiger partial charge in [0.05, 0.1) is 5.41 Å². The molecule has 1 aromatic rings. The summed E-state index contributed by atoms with van der Waals surface area (Å²) in [5.74, 6) is 0.310. The molecular formula is C14H14ClNO2. The highest BCUT2D eigenvalue weighted by atomic mass is 35.5. The van der Waals surface area contributed by atoms with Crippen molar-refractivity contribution in [3.8, 4) is 0 Å². The molecule has 4 heteroatoms. The van der Waals surface area contributed by atoms with Crippen molar-refractivity contribution < 1.29 is 9.59 Å². The molecule has 3 nitrogen and oxygen atoms in total. The van der Waals surface area contributed by atoms with E-state index in [4.69, 9.17) is 11.6 Å². The van der Waals surface area contributed by atoms with Gasteiger partial charge in [-0.2, -0.15) is 0 Å². The van der Waals surface area contributed by atoms with E-state index in [2.05, 4.69) is 5.32 Å². The first-order chi connectivity index (χ1) is 8.54. The maximum Gasteiger partial charge on any atom is 0.235 e. The van der Waals surface area contributed by atoms with Gasteiger partial charge < -0.3 is 5.32 Å². The van der Waals surface area contributed by atoms with Crippen molar-refractivity contribution in [2.75, 3.05) is 5.32 Å². The molecule has 94 valence electrons. The monoisotopic (exact) mass is 263 g/mol. The lowest BCUT2D eigenvalue weighted by molar-refractivity contribution is -0.129. The Labute approximate surface area is 111 Å². The Bertz CT molecular complexity index is 555. The average Bonchev–Trinajstić information content (AvgIpc) is 2.57. The smallest absolute Gasteiger partial charge is 0.235 e. The van der Waals surface area contributed by atoms with Gasteiger partial charge in [-0.05, 0) is 30.0 Å². The minimum absolute atomic E-state index is 0.0137. The number of ketones is 1. The summed E-state index contributed by atoms with van der Waals surface area (Å²) in [6.07, 6.45) is 1.57. The lowest BCUT2D eigenvalue weighted by Gasteiger charge is -2.37. The van der Waals surface area contributed by atoms with Gasteiger partial charge in [0.2, 0.25) is 5.91 Å². The van der Waals surface area contributed by atoms with Crippen molar-refractivity contribution in [3.05, 3.63) is 28.8 Å². The normalized spacial score (nSPS) is 30.4. The topological polar surface area (TPSA) is 46.2 Å². The minimum atomic E-state index is -0.534. The first-order valence-corrected chi connectivity index (χ1v) is 6.55. The predicted octanol–water partition coefficient (Wildman–Crippen LogP) is 2.92. The number of hydrogen-bond donors (Lipinski definition) is 1. The van der Waals surface area contributed by atoms with Crippen LogP contribution in [0.5, 0.6) is 0 Å². The van der Waals surface area contributed by atoms with Crippen molar-refractivity contribution in [1.82, 2.24) is 0 Å². The summed E-state index contributed by atoms with van der Waals surface area (Å²) in [5.41, 5.74) is 1.26. The van der Waals surface area contributed by atoms with Gasteiger partial charge in [-0.15, -0.1) is 0 Å². The summed E-state index contributed by atoms with van der Waals surface area (Å²) in [4.78, 5) is 23.9. The molecule has 0 unspecified atom stereocenters. The van der Waals surface area contributed by atoms with Gasteiger partial charge in [-0.3, -0.25) is 9.59 Å². The van der Waals surface area contributed by atoms with Crippen LogP contribution < -0.4 is 5.32 Å². The number of rotatable bonds is 0. The number of nitrogens with one attached hydrogen (secondary N) is 1. The highest BCUT2D eigenvalue weighted by Crippen LogP contribution is 2.50. The van der Waals surface area contributed by atoms with Gasteiger partial charge in [-0.1, -0.05) is 24.6 Å². The molecule has 1 heterocycles. The second-order valence-electron chi connectivity index (χ2n) is 5.26. The average molecular weight is 264 g/mol. The summed E-state index contributed by atoms with van der Waals surface area (Å²) >= 11 is 5.95. The fourth-order valence-electron chi connectivity index (χ4n) is 3.30. The third kappa shape index (κ3) is 1.43. The first kappa shape index (κ1) is 11.7. The maximum absolute atomic E-state index is 12.4. The third-order valence-corrected chi connectivity index (χ3v) is 4.52. The summed E-state index contributed by atoms with van der Waals surface area (Å²) < 4.78 is 0. The minimum Gasteiger partial charge on any atom is -0.325 e. The van der Waals surface area contributed by atoms with Crippen molar-refractivity contribution in [3.63, 3.8) is 0 Å². The summed E-state index contributed by atoms with van der Waals surface area (Å²) in [6, 6.07) is 5.51. The van der Waals surface area contributed by atoms with E-state index in [1.807, 2.05) is 19.1 Å². The second kappa shape index (κ2) is 3.82. The van der Waals surface area contributed by atoms with Crippen molar-refractivity contribution in [2.24, 2.45) is 5.92 Å². The van der Waals surface area contributed by atoms with E-state index >= 15 is 0 Å². The quantitative estimate of drug-likeness (QED) is 0.782. The Morgan fingerprint density at radius 1 is 1.39 bits per heavy atom. The van der Waals surface area contributed by atoms with Crippen LogP contribution in [0, 0.1) is 5.92 Å². The molecule has 18 heavy (non-hydrogen) atoms. The Balaban J connectivity index is 2.13. The van der Waals surface area contributed by atoms with Crippen molar-refractivity contribution in [1.29, 1.82) is 0 Å². The molecule has 1 aliphatic heterocycles. The Kier molecular flexibility index (Phi) is 2.49. The van der Waals surface area contributed by atoms with E-state index < -0.39 is 5.41 Å².